The van der Waals surface area contributed by atoms with Crippen molar-refractivity contribution in [3.8, 4) is 5.75 Å². The maximum absolute atomic E-state index is 13.9. The molecule has 2 aromatic rings. The molecular formula is C23H27AsBrFO5S. The molecule has 0 radical (unpaired) electrons. The third kappa shape index (κ3) is 6.46. The van der Waals surface area contributed by atoms with Crippen LogP contribution in [0.4, 0.5) is 4.39 Å². The van der Waals surface area contributed by atoms with E-state index in [4.69, 9.17) is 9.47 Å². The van der Waals surface area contributed by atoms with Crippen molar-refractivity contribution in [3.63, 3.8) is 0 Å². The standard InChI is InChI=1S/C23H27AsBrFO5S/c1-5-24(6-2)13-7-8-16-14-18(26)10-12-20(16)32(28,29)15-17-9-11-19(25)22(30-3)21(17)23(27)31-4/h7-12,14H,5-6,13,15H2,1-4H3/b8-7-. The predicted molar refractivity (Wildman–Crippen MR) is 130 cm³/mol. The summed E-state index contributed by atoms with van der Waals surface area (Å²) in [6.45, 7) is 4.33. The second-order valence-corrected chi connectivity index (χ2v) is 16.0. The normalized spacial score (nSPS) is 11.8. The third-order valence-corrected chi connectivity index (χ3v) is 12.6. The molecule has 0 spiro atoms. The van der Waals surface area contributed by atoms with Gasteiger partial charge in [0.25, 0.3) is 0 Å². The van der Waals surface area contributed by atoms with Gasteiger partial charge >= 0.3 is 203 Å². The molecule has 2 aromatic carbocycles. The van der Waals surface area contributed by atoms with Crippen molar-refractivity contribution in [1.29, 1.82) is 0 Å². The monoisotopic (exact) mass is 588 g/mol. The van der Waals surface area contributed by atoms with E-state index in [9.17, 15) is 17.6 Å². The molecule has 0 aliphatic heterocycles. The molecule has 0 bridgehead atoms. The molecule has 0 heterocycles. The second-order valence-electron chi connectivity index (χ2n) is 6.94. The molecule has 0 unspecified atom stereocenters. The van der Waals surface area contributed by atoms with E-state index >= 15 is 0 Å². The number of rotatable bonds is 10. The molecule has 2 rings (SSSR count). The minimum atomic E-state index is -3.91. The van der Waals surface area contributed by atoms with Crippen LogP contribution in [0.1, 0.15) is 35.3 Å². The van der Waals surface area contributed by atoms with Crippen LogP contribution in [0.15, 0.2) is 45.8 Å². The van der Waals surface area contributed by atoms with E-state index in [0.717, 1.165) is 21.7 Å². The van der Waals surface area contributed by atoms with E-state index < -0.39 is 42.0 Å². The van der Waals surface area contributed by atoms with Crippen LogP contribution in [-0.4, -0.2) is 43.3 Å². The molecule has 0 amide bonds. The SMILES string of the molecule is CC[As](CC)C/C=C\c1cc(F)ccc1S(=O)(=O)Cc1ccc(Br)c(OC)c1C(=O)OC. The molecule has 32 heavy (non-hydrogen) atoms. The Balaban J connectivity index is 2.50. The van der Waals surface area contributed by atoms with Crippen LogP contribution in [0.2, 0.25) is 15.6 Å². The first-order valence-electron chi connectivity index (χ1n) is 10.0. The van der Waals surface area contributed by atoms with Gasteiger partial charge in [0.2, 0.25) is 0 Å². The zero-order valence-electron chi connectivity index (χ0n) is 18.5. The summed E-state index contributed by atoms with van der Waals surface area (Å²) < 4.78 is 51.2. The first kappa shape index (κ1) is 26.6. The summed E-state index contributed by atoms with van der Waals surface area (Å²) in [5.41, 5.74) is 0.572. The Morgan fingerprint density at radius 3 is 2.44 bits per heavy atom. The number of ether oxygens (including phenoxy) is 2. The van der Waals surface area contributed by atoms with E-state index in [-0.39, 0.29) is 21.8 Å². The molecular weight excluding hydrogens is 562 g/mol. The summed E-state index contributed by atoms with van der Waals surface area (Å²) >= 11 is 2.34. The van der Waals surface area contributed by atoms with Gasteiger partial charge in [-0.05, 0) is 0 Å². The van der Waals surface area contributed by atoms with Crippen LogP contribution in [-0.2, 0) is 20.3 Å². The van der Waals surface area contributed by atoms with E-state index in [1.54, 1.807) is 12.1 Å². The molecule has 0 saturated carbocycles. The van der Waals surface area contributed by atoms with Crippen LogP contribution in [0, 0.1) is 5.82 Å². The van der Waals surface area contributed by atoms with Crippen LogP contribution < -0.4 is 4.74 Å². The van der Waals surface area contributed by atoms with Gasteiger partial charge in [-0.15, -0.1) is 0 Å². The number of hydrogen-bond donors (Lipinski definition) is 0. The van der Waals surface area contributed by atoms with Gasteiger partial charge < -0.3 is 0 Å². The molecule has 0 fully saturated rings. The number of allylic oxidation sites excluding steroid dienone is 1. The van der Waals surface area contributed by atoms with Crippen molar-refractivity contribution in [3.05, 3.63) is 63.4 Å². The van der Waals surface area contributed by atoms with Crippen molar-refractivity contribution in [2.45, 2.75) is 40.1 Å². The Hall–Kier alpha value is -1.63. The average molecular weight is 589 g/mol. The molecule has 0 aliphatic carbocycles. The second kappa shape index (κ2) is 12.0. The Labute approximate surface area is 202 Å². The number of benzene rings is 2. The molecule has 0 aliphatic rings. The van der Waals surface area contributed by atoms with E-state index in [1.807, 2.05) is 6.08 Å². The number of halogens is 2. The first-order chi connectivity index (χ1) is 15.2. The zero-order chi connectivity index (χ0) is 23.9. The fraction of sp³-hybridized carbons (Fsp3) is 0.348. The van der Waals surface area contributed by atoms with E-state index in [2.05, 4.69) is 29.8 Å². The van der Waals surface area contributed by atoms with Crippen LogP contribution in [0.25, 0.3) is 6.08 Å². The average Bonchev–Trinajstić information content (AvgIpc) is 2.76. The molecule has 9 heteroatoms. The number of methoxy groups -OCH3 is 2. The summed E-state index contributed by atoms with van der Waals surface area (Å²) in [5.74, 6) is -1.48. The Morgan fingerprint density at radius 1 is 1.16 bits per heavy atom. The van der Waals surface area contributed by atoms with Crippen molar-refractivity contribution in [1.82, 2.24) is 0 Å². The fourth-order valence-corrected chi connectivity index (χ4v) is 8.20. The first-order valence-corrected chi connectivity index (χ1v) is 16.5. The van der Waals surface area contributed by atoms with Crippen molar-refractivity contribution in [2.24, 2.45) is 0 Å². The van der Waals surface area contributed by atoms with Crippen molar-refractivity contribution < 1.29 is 27.1 Å². The summed E-state index contributed by atoms with van der Waals surface area (Å²) in [6.07, 6.45) is 3.63. The van der Waals surface area contributed by atoms with Gasteiger partial charge in [0.15, 0.2) is 0 Å². The van der Waals surface area contributed by atoms with Crippen LogP contribution >= 0.6 is 15.9 Å². The molecule has 174 valence electrons. The van der Waals surface area contributed by atoms with Gasteiger partial charge in [-0.3, -0.25) is 0 Å². The zero-order valence-corrected chi connectivity index (χ0v) is 22.8. The Morgan fingerprint density at radius 2 is 1.84 bits per heavy atom. The summed E-state index contributed by atoms with van der Waals surface area (Å²) in [5, 5.41) is 3.24. The van der Waals surface area contributed by atoms with Gasteiger partial charge in [-0.1, -0.05) is 0 Å². The van der Waals surface area contributed by atoms with Gasteiger partial charge in [-0.25, -0.2) is 0 Å². The summed E-state index contributed by atoms with van der Waals surface area (Å²) in [7, 11) is -1.31. The van der Waals surface area contributed by atoms with Gasteiger partial charge in [-0.2, -0.15) is 0 Å². The maximum atomic E-state index is 13.9. The van der Waals surface area contributed by atoms with Gasteiger partial charge in [0, 0.05) is 0 Å². The number of esters is 1. The van der Waals surface area contributed by atoms with Crippen molar-refractivity contribution in [2.75, 3.05) is 14.2 Å². The minimum absolute atomic E-state index is 0.0138. The Bertz CT molecular complexity index is 1100. The summed E-state index contributed by atoms with van der Waals surface area (Å²) in [6, 6.07) is 6.77. The van der Waals surface area contributed by atoms with Crippen LogP contribution in [0.5, 0.6) is 5.75 Å². The van der Waals surface area contributed by atoms with Gasteiger partial charge in [0.1, 0.15) is 0 Å². The summed E-state index contributed by atoms with van der Waals surface area (Å²) in [4.78, 5) is 12.4. The number of hydrogen-bond acceptors (Lipinski definition) is 5. The van der Waals surface area contributed by atoms with E-state index in [0.29, 0.717) is 10.0 Å². The molecule has 5 nitrogen and oxygen atoms in total. The number of sulfone groups is 1. The number of carbonyl (C=O) groups excluding carboxylic acids is 1. The molecule has 0 aromatic heterocycles. The predicted octanol–water partition coefficient (Wildman–Crippen LogP) is 5.91. The fourth-order valence-electron chi connectivity index (χ4n) is 3.27. The quantitative estimate of drug-likeness (QED) is 0.196. The van der Waals surface area contributed by atoms with Gasteiger partial charge in [0.05, 0.1) is 0 Å². The van der Waals surface area contributed by atoms with E-state index in [1.165, 1.54) is 32.4 Å². The third-order valence-electron chi connectivity index (χ3n) is 5.00. The molecule has 0 saturated heterocycles. The molecule has 0 N–H and O–H groups in total. The van der Waals surface area contributed by atoms with Crippen molar-refractivity contribution >= 4 is 52.5 Å². The molecule has 0 atom stereocenters. The topological polar surface area (TPSA) is 69.7 Å². The Kier molecular flexibility index (Phi) is 9.99. The number of carbonyl (C=O) groups is 1. The van der Waals surface area contributed by atoms with Crippen LogP contribution in [0.3, 0.4) is 0 Å².